The van der Waals surface area contributed by atoms with Crippen LogP contribution >= 0.6 is 0 Å². The highest BCUT2D eigenvalue weighted by atomic mass is 16.6. The number of rotatable bonds is 4. The van der Waals surface area contributed by atoms with Gasteiger partial charge >= 0.3 is 6.09 Å². The van der Waals surface area contributed by atoms with Gasteiger partial charge in [-0.1, -0.05) is 60.7 Å². The molecule has 0 aliphatic carbocycles. The van der Waals surface area contributed by atoms with Crippen LogP contribution in [-0.4, -0.2) is 35.9 Å². The third kappa shape index (κ3) is 5.76. The number of amides is 1. The molecule has 142 valence electrons. The molecule has 27 heavy (non-hydrogen) atoms. The van der Waals surface area contributed by atoms with E-state index in [1.54, 1.807) is 6.21 Å². The zero-order chi connectivity index (χ0) is 19.3. The number of hydrogen-bond acceptors (Lipinski definition) is 3. The van der Waals surface area contributed by atoms with E-state index in [4.69, 9.17) is 4.74 Å². The maximum atomic E-state index is 12.0. The van der Waals surface area contributed by atoms with Gasteiger partial charge in [-0.25, -0.2) is 4.79 Å². The summed E-state index contributed by atoms with van der Waals surface area (Å²) in [5.41, 5.74) is 2.06. The lowest BCUT2D eigenvalue weighted by Crippen LogP contribution is -2.23. The average Bonchev–Trinajstić information content (AvgIpc) is 3.03. The van der Waals surface area contributed by atoms with Gasteiger partial charge in [0.05, 0.1) is 0 Å². The molecule has 1 saturated heterocycles. The number of hydrogen-bond donors (Lipinski definition) is 0. The summed E-state index contributed by atoms with van der Waals surface area (Å²) in [6.07, 6.45) is 1.27. The van der Waals surface area contributed by atoms with E-state index in [0.29, 0.717) is 5.92 Å². The van der Waals surface area contributed by atoms with Crippen LogP contribution in [-0.2, 0) is 11.3 Å². The van der Waals surface area contributed by atoms with Crippen molar-refractivity contribution in [2.75, 3.05) is 13.1 Å². The Bertz CT molecular complexity index is 766. The summed E-state index contributed by atoms with van der Waals surface area (Å²) in [5, 5.41) is 0. The Morgan fingerprint density at radius 3 is 2.33 bits per heavy atom. The molecule has 1 aliphatic heterocycles. The molecule has 1 heterocycles. The van der Waals surface area contributed by atoms with E-state index >= 15 is 0 Å². The molecule has 0 N–H and O–H groups in total. The largest absolute Gasteiger partial charge is 0.442 e. The van der Waals surface area contributed by atoms with E-state index in [1.807, 2.05) is 32.9 Å². The summed E-state index contributed by atoms with van der Waals surface area (Å²) in [6.45, 7) is 8.28. The highest BCUT2D eigenvalue weighted by Gasteiger charge is 2.33. The molecule has 1 fully saturated rings. The van der Waals surface area contributed by atoms with E-state index in [-0.39, 0.29) is 5.92 Å². The van der Waals surface area contributed by atoms with Crippen molar-refractivity contribution in [2.24, 2.45) is 10.9 Å². The minimum absolute atomic E-state index is 0.184. The first-order valence-electron chi connectivity index (χ1n) is 9.49. The lowest BCUT2D eigenvalue weighted by Gasteiger charge is -2.18. The maximum Gasteiger partial charge on any atom is 0.433 e. The van der Waals surface area contributed by atoms with Gasteiger partial charge in [-0.15, -0.1) is 0 Å². The number of likely N-dealkylation sites (tertiary alicyclic amines) is 1. The molecule has 4 nitrogen and oxygen atoms in total. The number of benzene rings is 2. The van der Waals surface area contributed by atoms with E-state index < -0.39 is 11.7 Å². The van der Waals surface area contributed by atoms with E-state index in [0.717, 1.165) is 19.6 Å². The summed E-state index contributed by atoms with van der Waals surface area (Å²) < 4.78 is 5.31. The molecule has 0 bridgehead atoms. The lowest BCUT2D eigenvalue weighted by atomic mass is 9.90. The first-order chi connectivity index (χ1) is 12.9. The smallest absolute Gasteiger partial charge is 0.433 e. The summed E-state index contributed by atoms with van der Waals surface area (Å²) >= 11 is 0. The van der Waals surface area contributed by atoms with E-state index in [9.17, 15) is 4.79 Å². The molecule has 4 heteroatoms. The Hall–Kier alpha value is -2.46. The van der Waals surface area contributed by atoms with Gasteiger partial charge in [-0.3, -0.25) is 4.90 Å². The summed E-state index contributed by atoms with van der Waals surface area (Å²) in [7, 11) is 0. The zero-order valence-corrected chi connectivity index (χ0v) is 16.3. The number of nitrogens with zero attached hydrogens (tertiary/aromatic N) is 2. The first-order valence-corrected chi connectivity index (χ1v) is 9.49. The van der Waals surface area contributed by atoms with Crippen LogP contribution in [0.2, 0.25) is 0 Å². The monoisotopic (exact) mass is 364 g/mol. The summed E-state index contributed by atoms with van der Waals surface area (Å²) in [4.78, 5) is 18.5. The molecule has 2 aromatic rings. The molecule has 0 saturated carbocycles. The average molecular weight is 364 g/mol. The Kier molecular flexibility index (Phi) is 6.07. The molecular weight excluding hydrogens is 336 g/mol. The lowest BCUT2D eigenvalue weighted by molar-refractivity contribution is 0.0604. The molecular formula is C23H28N2O2. The molecule has 1 amide bonds. The van der Waals surface area contributed by atoms with Crippen LogP contribution in [0.5, 0.6) is 0 Å². The minimum Gasteiger partial charge on any atom is -0.442 e. The van der Waals surface area contributed by atoms with Crippen molar-refractivity contribution in [3.63, 3.8) is 0 Å². The topological polar surface area (TPSA) is 41.9 Å². The van der Waals surface area contributed by atoms with Crippen LogP contribution < -0.4 is 0 Å². The highest BCUT2D eigenvalue weighted by molar-refractivity contribution is 5.81. The van der Waals surface area contributed by atoms with Crippen molar-refractivity contribution in [2.45, 2.75) is 38.8 Å². The van der Waals surface area contributed by atoms with Crippen molar-refractivity contribution >= 4 is 12.3 Å². The second kappa shape index (κ2) is 8.49. The van der Waals surface area contributed by atoms with Crippen molar-refractivity contribution < 1.29 is 9.53 Å². The third-order valence-corrected chi connectivity index (χ3v) is 4.68. The molecule has 2 aromatic carbocycles. The predicted molar refractivity (Wildman–Crippen MR) is 109 cm³/mol. The summed E-state index contributed by atoms with van der Waals surface area (Å²) in [6, 6.07) is 21.0. The molecule has 3 rings (SSSR count). The molecule has 0 aromatic heterocycles. The maximum absolute atomic E-state index is 12.0. The summed E-state index contributed by atoms with van der Waals surface area (Å²) in [5.74, 6) is 0.504. The van der Waals surface area contributed by atoms with Gasteiger partial charge in [0.15, 0.2) is 0 Å². The third-order valence-electron chi connectivity index (χ3n) is 4.68. The van der Waals surface area contributed by atoms with Crippen LogP contribution in [0.25, 0.3) is 0 Å². The number of carbonyl (C=O) groups excluding carboxylic acids is 1. The quantitative estimate of drug-likeness (QED) is 0.724. The standard InChI is InChI=1S/C23H28N2O2/c1-23(2,3)27-22(26)24-14-20-16-25(15-18-10-6-4-7-11-18)17-21(20)19-12-8-5-9-13-19/h4-14,20-21H,15-17H2,1-3H3/t20?,21-/m0/s1. The fraction of sp³-hybridized carbons (Fsp3) is 0.391. The second-order valence-corrected chi connectivity index (χ2v) is 8.12. The number of ether oxygens (including phenoxy) is 1. The van der Waals surface area contributed by atoms with E-state index in [2.05, 4.69) is 58.4 Å². The van der Waals surface area contributed by atoms with Crippen LogP contribution in [0, 0.1) is 5.92 Å². The Balaban J connectivity index is 1.73. The molecule has 2 atom stereocenters. The fourth-order valence-electron chi connectivity index (χ4n) is 3.53. The van der Waals surface area contributed by atoms with Gasteiger partial charge in [-0.05, 0) is 31.9 Å². The van der Waals surface area contributed by atoms with Gasteiger partial charge in [0.1, 0.15) is 5.60 Å². The second-order valence-electron chi connectivity index (χ2n) is 8.12. The number of aliphatic imine (C=N–C) groups is 1. The van der Waals surface area contributed by atoms with Gasteiger partial charge in [0.2, 0.25) is 0 Å². The van der Waals surface area contributed by atoms with Crippen molar-refractivity contribution in [1.29, 1.82) is 0 Å². The zero-order valence-electron chi connectivity index (χ0n) is 16.3. The minimum atomic E-state index is -0.526. The predicted octanol–water partition coefficient (Wildman–Crippen LogP) is 4.91. The first kappa shape index (κ1) is 19.3. The van der Waals surface area contributed by atoms with Crippen molar-refractivity contribution in [3.8, 4) is 0 Å². The van der Waals surface area contributed by atoms with Gasteiger partial charge < -0.3 is 4.74 Å². The molecule has 0 radical (unpaired) electrons. The van der Waals surface area contributed by atoms with Crippen molar-refractivity contribution in [3.05, 3.63) is 71.8 Å². The molecule has 1 unspecified atom stereocenters. The van der Waals surface area contributed by atoms with Crippen molar-refractivity contribution in [1.82, 2.24) is 4.90 Å². The van der Waals surface area contributed by atoms with Gasteiger partial charge in [-0.2, -0.15) is 4.99 Å². The SMILES string of the molecule is CC(C)(C)OC(=O)N=CC1CN(Cc2ccccc2)C[C@H]1c1ccccc1. The highest BCUT2D eigenvalue weighted by Crippen LogP contribution is 2.32. The fourth-order valence-corrected chi connectivity index (χ4v) is 3.53. The van der Waals surface area contributed by atoms with Crippen LogP contribution in [0.1, 0.15) is 37.8 Å². The van der Waals surface area contributed by atoms with Crippen LogP contribution in [0.3, 0.4) is 0 Å². The Morgan fingerprint density at radius 1 is 1.07 bits per heavy atom. The van der Waals surface area contributed by atoms with Crippen LogP contribution in [0.15, 0.2) is 65.7 Å². The Labute approximate surface area is 161 Å². The van der Waals surface area contributed by atoms with Gasteiger partial charge in [0.25, 0.3) is 0 Å². The molecule has 1 aliphatic rings. The number of carbonyl (C=O) groups is 1. The molecule has 0 spiro atoms. The normalized spacial score (nSPS) is 20.9. The van der Waals surface area contributed by atoms with Gasteiger partial charge in [0, 0.05) is 37.7 Å². The van der Waals surface area contributed by atoms with E-state index in [1.165, 1.54) is 11.1 Å². The Morgan fingerprint density at radius 2 is 1.70 bits per heavy atom. The van der Waals surface area contributed by atoms with Crippen LogP contribution in [0.4, 0.5) is 4.79 Å².